The third-order valence-corrected chi connectivity index (χ3v) is 7.08. The van der Waals surface area contributed by atoms with E-state index in [1.165, 1.54) is 18.2 Å². The van der Waals surface area contributed by atoms with Crippen LogP contribution in [0, 0.1) is 6.92 Å². The van der Waals surface area contributed by atoms with Crippen molar-refractivity contribution in [2.24, 2.45) is 0 Å². The number of rotatable bonds is 7. The molecule has 0 atom stereocenters. The van der Waals surface area contributed by atoms with Gasteiger partial charge >= 0.3 is 5.97 Å². The van der Waals surface area contributed by atoms with Gasteiger partial charge in [0, 0.05) is 5.69 Å². The van der Waals surface area contributed by atoms with E-state index in [-0.39, 0.29) is 21.8 Å². The van der Waals surface area contributed by atoms with Crippen LogP contribution in [-0.2, 0) is 9.53 Å². The summed E-state index contributed by atoms with van der Waals surface area (Å²) in [7, 11) is 0. The molecule has 10 nitrogen and oxygen atoms in total. The van der Waals surface area contributed by atoms with Gasteiger partial charge in [0.15, 0.2) is 6.61 Å². The first-order valence-electron chi connectivity index (χ1n) is 12.4. The molecule has 1 aliphatic heterocycles. The van der Waals surface area contributed by atoms with E-state index >= 15 is 0 Å². The number of nitrogens with one attached hydrogen (secondary N) is 1. The van der Waals surface area contributed by atoms with Crippen molar-refractivity contribution in [3.8, 4) is 11.5 Å². The van der Waals surface area contributed by atoms with Crippen LogP contribution < -0.4 is 15.0 Å². The molecule has 0 bridgehead atoms. The zero-order chi connectivity index (χ0) is 28.5. The average Bonchev–Trinajstić information content (AvgIpc) is 3.51. The summed E-state index contributed by atoms with van der Waals surface area (Å²) in [6.45, 7) is 1.16. The Bertz CT molecular complexity index is 1850. The number of imide groups is 1. The number of aryl methyl sites for hydroxylation is 1. The highest BCUT2D eigenvalue weighted by Crippen LogP contribution is 2.31. The maximum absolute atomic E-state index is 12.9. The van der Waals surface area contributed by atoms with E-state index in [9.17, 15) is 19.2 Å². The van der Waals surface area contributed by atoms with Crippen LogP contribution in [0.4, 0.5) is 10.8 Å². The predicted octanol–water partition coefficient (Wildman–Crippen LogP) is 5.39. The Kier molecular flexibility index (Phi) is 6.70. The van der Waals surface area contributed by atoms with Crippen LogP contribution in [0.1, 0.15) is 36.1 Å². The van der Waals surface area contributed by atoms with Gasteiger partial charge in [-0.25, -0.2) is 9.69 Å². The van der Waals surface area contributed by atoms with Crippen molar-refractivity contribution in [1.82, 2.24) is 10.2 Å². The van der Waals surface area contributed by atoms with E-state index in [4.69, 9.17) is 9.47 Å². The maximum Gasteiger partial charge on any atom is 0.338 e. The number of aromatic nitrogens is 2. The second-order valence-electron chi connectivity index (χ2n) is 9.07. The number of fused-ring (bicyclic) bond motifs is 2. The number of carbonyl (C=O) groups is 4. The highest BCUT2D eigenvalue weighted by Gasteiger charge is 2.39. The van der Waals surface area contributed by atoms with Crippen LogP contribution in [-0.4, -0.2) is 40.5 Å². The molecule has 0 aliphatic carbocycles. The first-order chi connectivity index (χ1) is 19.9. The van der Waals surface area contributed by atoms with Crippen molar-refractivity contribution in [3.05, 3.63) is 107 Å². The molecule has 4 aromatic carbocycles. The number of anilines is 2. The molecule has 11 heteroatoms. The van der Waals surface area contributed by atoms with Gasteiger partial charge in [-0.1, -0.05) is 41.7 Å². The predicted molar refractivity (Wildman–Crippen MR) is 152 cm³/mol. The molecule has 41 heavy (non-hydrogen) atoms. The van der Waals surface area contributed by atoms with E-state index in [0.717, 1.165) is 27.0 Å². The Balaban J connectivity index is 1.04. The number of benzene rings is 4. The Morgan fingerprint density at radius 3 is 2.32 bits per heavy atom. The SMILES string of the molecule is Cc1nnc(N2C(=O)c3ccc(C(=O)OCC(=O)Nc4ccc(Oc5ccc6ccccc6c5)cc4)cc3C2=O)s1. The molecule has 202 valence electrons. The Morgan fingerprint density at radius 1 is 0.829 bits per heavy atom. The van der Waals surface area contributed by atoms with Gasteiger partial charge < -0.3 is 14.8 Å². The fourth-order valence-corrected chi connectivity index (χ4v) is 4.99. The summed E-state index contributed by atoms with van der Waals surface area (Å²) in [5, 5.41) is 13.3. The first-order valence-corrected chi connectivity index (χ1v) is 13.2. The second kappa shape index (κ2) is 10.6. The minimum absolute atomic E-state index is 0.0307. The van der Waals surface area contributed by atoms with Gasteiger partial charge in [0.1, 0.15) is 16.5 Å². The third-order valence-electron chi connectivity index (χ3n) is 6.26. The van der Waals surface area contributed by atoms with Gasteiger partial charge in [-0.15, -0.1) is 10.2 Å². The Morgan fingerprint density at radius 2 is 1.56 bits per heavy atom. The number of carbonyl (C=O) groups excluding carboxylic acids is 4. The summed E-state index contributed by atoms with van der Waals surface area (Å²) in [4.78, 5) is 51.5. The molecule has 0 saturated heterocycles. The molecule has 0 spiro atoms. The monoisotopic (exact) mass is 564 g/mol. The van der Waals surface area contributed by atoms with Crippen LogP contribution in [0.2, 0.25) is 0 Å². The molecule has 1 aliphatic rings. The summed E-state index contributed by atoms with van der Waals surface area (Å²) < 4.78 is 11.0. The molecular formula is C30H20N4O6S. The summed E-state index contributed by atoms with van der Waals surface area (Å²) >= 11 is 1.11. The zero-order valence-electron chi connectivity index (χ0n) is 21.5. The second-order valence-corrected chi connectivity index (χ2v) is 10.2. The summed E-state index contributed by atoms with van der Waals surface area (Å²) in [5.74, 6) is -1.24. The van der Waals surface area contributed by atoms with Crippen molar-refractivity contribution in [2.45, 2.75) is 6.92 Å². The van der Waals surface area contributed by atoms with E-state index in [2.05, 4.69) is 15.5 Å². The molecule has 0 fully saturated rings. The van der Waals surface area contributed by atoms with Crippen molar-refractivity contribution in [3.63, 3.8) is 0 Å². The fraction of sp³-hybridized carbons (Fsp3) is 0.0667. The third kappa shape index (κ3) is 5.25. The van der Waals surface area contributed by atoms with Crippen LogP contribution in [0.5, 0.6) is 11.5 Å². The smallest absolute Gasteiger partial charge is 0.338 e. The highest BCUT2D eigenvalue weighted by molar-refractivity contribution is 7.15. The molecule has 0 saturated carbocycles. The van der Waals surface area contributed by atoms with Crippen LogP contribution in [0.15, 0.2) is 84.9 Å². The minimum Gasteiger partial charge on any atom is -0.457 e. The van der Waals surface area contributed by atoms with E-state index in [0.29, 0.717) is 22.2 Å². The topological polar surface area (TPSA) is 128 Å². The molecule has 1 aromatic heterocycles. The molecule has 1 N–H and O–H groups in total. The number of hydrogen-bond acceptors (Lipinski definition) is 9. The lowest BCUT2D eigenvalue weighted by atomic mass is 10.1. The van der Waals surface area contributed by atoms with Crippen molar-refractivity contribution in [2.75, 3.05) is 16.8 Å². The normalized spacial score (nSPS) is 12.4. The molecular weight excluding hydrogens is 544 g/mol. The van der Waals surface area contributed by atoms with Gasteiger partial charge in [-0.05, 0) is 72.3 Å². The van der Waals surface area contributed by atoms with Gasteiger partial charge in [-0.3, -0.25) is 14.4 Å². The molecule has 5 aromatic rings. The van der Waals surface area contributed by atoms with Crippen molar-refractivity contribution < 1.29 is 28.7 Å². The number of amides is 3. The highest BCUT2D eigenvalue weighted by atomic mass is 32.1. The average molecular weight is 565 g/mol. The quantitative estimate of drug-likeness (QED) is 0.206. The van der Waals surface area contributed by atoms with E-state index in [1.54, 1.807) is 31.2 Å². The van der Waals surface area contributed by atoms with E-state index in [1.807, 2.05) is 42.5 Å². The van der Waals surface area contributed by atoms with E-state index < -0.39 is 30.3 Å². The first kappa shape index (κ1) is 25.8. The molecule has 0 unspecified atom stereocenters. The maximum atomic E-state index is 12.9. The van der Waals surface area contributed by atoms with Gasteiger partial charge in [-0.2, -0.15) is 0 Å². The number of esters is 1. The number of hydrogen-bond donors (Lipinski definition) is 1. The van der Waals surface area contributed by atoms with Gasteiger partial charge in [0.05, 0.1) is 16.7 Å². The molecule has 0 radical (unpaired) electrons. The van der Waals surface area contributed by atoms with Gasteiger partial charge in [0.25, 0.3) is 17.7 Å². The largest absolute Gasteiger partial charge is 0.457 e. The fourth-order valence-electron chi connectivity index (χ4n) is 4.30. The molecule has 6 rings (SSSR count). The lowest BCUT2D eigenvalue weighted by molar-refractivity contribution is -0.119. The molecule has 3 amide bonds. The van der Waals surface area contributed by atoms with Crippen LogP contribution in [0.3, 0.4) is 0 Å². The summed E-state index contributed by atoms with van der Waals surface area (Å²) in [5.41, 5.74) is 0.715. The number of nitrogens with zero attached hydrogens (tertiary/aromatic N) is 3. The van der Waals surface area contributed by atoms with Crippen LogP contribution in [0.25, 0.3) is 10.8 Å². The van der Waals surface area contributed by atoms with Crippen molar-refractivity contribution in [1.29, 1.82) is 0 Å². The Hall–Kier alpha value is -5.42. The minimum atomic E-state index is -0.812. The summed E-state index contributed by atoms with van der Waals surface area (Å²) in [6.07, 6.45) is 0. The zero-order valence-corrected chi connectivity index (χ0v) is 22.3. The standard InChI is InChI=1S/C30H20N4O6S/c1-17-32-33-30(41-17)34-27(36)24-13-7-20(15-25(24)28(34)37)29(38)39-16-26(35)31-21-8-11-22(12-9-21)40-23-10-6-18-4-2-3-5-19(18)14-23/h2-15H,16H2,1H3,(H,31,35). The van der Waals surface area contributed by atoms with Crippen LogP contribution >= 0.6 is 11.3 Å². The van der Waals surface area contributed by atoms with Gasteiger partial charge in [0.2, 0.25) is 5.13 Å². The summed E-state index contributed by atoms with van der Waals surface area (Å²) in [6, 6.07) is 24.6. The lowest BCUT2D eigenvalue weighted by Crippen LogP contribution is -2.29. The Labute approximate surface area is 237 Å². The van der Waals surface area contributed by atoms with Crippen molar-refractivity contribution >= 4 is 56.6 Å². The lowest BCUT2D eigenvalue weighted by Gasteiger charge is -2.09. The number of ether oxygens (including phenoxy) is 2. The molecule has 2 heterocycles.